The van der Waals surface area contributed by atoms with E-state index in [-0.39, 0.29) is 10.8 Å². The van der Waals surface area contributed by atoms with E-state index in [0.29, 0.717) is 18.8 Å². The van der Waals surface area contributed by atoms with Crippen LogP contribution in [0.5, 0.6) is 0 Å². The molecule has 170 valence electrons. The van der Waals surface area contributed by atoms with E-state index in [9.17, 15) is 8.42 Å². The molecule has 1 unspecified atom stereocenters. The van der Waals surface area contributed by atoms with Gasteiger partial charge in [0.25, 0.3) is 10.0 Å². The van der Waals surface area contributed by atoms with Crippen LogP contribution in [0.3, 0.4) is 0 Å². The van der Waals surface area contributed by atoms with Crippen LogP contribution in [0.1, 0.15) is 28.2 Å². The summed E-state index contributed by atoms with van der Waals surface area (Å²) in [6.07, 6.45) is 0.672. The Labute approximate surface area is 201 Å². The van der Waals surface area contributed by atoms with Gasteiger partial charge in [0, 0.05) is 18.2 Å². The van der Waals surface area contributed by atoms with Crippen LogP contribution in [0, 0.1) is 6.92 Å². The van der Waals surface area contributed by atoms with Gasteiger partial charge in [-0.15, -0.1) is 4.40 Å². The third-order valence-corrected chi connectivity index (χ3v) is 7.49. The first-order valence-corrected chi connectivity index (χ1v) is 12.8. The summed E-state index contributed by atoms with van der Waals surface area (Å²) in [6.45, 7) is 2.48. The van der Waals surface area contributed by atoms with Crippen molar-refractivity contribution in [3.8, 4) is 0 Å². The van der Waals surface area contributed by atoms with Crippen molar-refractivity contribution in [2.45, 2.75) is 30.7 Å². The second-order valence-corrected chi connectivity index (χ2v) is 10.2. The molecule has 0 aromatic heterocycles. The fraction of sp³-hybridized carbons (Fsp3) is 0.138. The average molecular weight is 467 g/mol. The van der Waals surface area contributed by atoms with Crippen molar-refractivity contribution in [3.63, 3.8) is 0 Å². The molecule has 1 aliphatic rings. The molecule has 4 aromatic carbocycles. The smallest absolute Gasteiger partial charge is 0.283 e. The second kappa shape index (κ2) is 9.27. The van der Waals surface area contributed by atoms with Gasteiger partial charge in [0.2, 0.25) is 0 Å². The molecular formula is C29H26N2O2S. The number of benzene rings is 4. The molecule has 4 nitrogen and oxygen atoms in total. The molecule has 5 rings (SSSR count). The van der Waals surface area contributed by atoms with E-state index in [1.165, 1.54) is 0 Å². The van der Waals surface area contributed by atoms with Gasteiger partial charge in [-0.3, -0.25) is 0 Å². The lowest BCUT2D eigenvalue weighted by molar-refractivity contribution is 0.597. The van der Waals surface area contributed by atoms with Crippen molar-refractivity contribution in [2.24, 2.45) is 4.40 Å². The number of para-hydroxylation sites is 1. The van der Waals surface area contributed by atoms with Crippen molar-refractivity contribution in [3.05, 3.63) is 131 Å². The van der Waals surface area contributed by atoms with E-state index in [1.807, 2.05) is 55.5 Å². The third kappa shape index (κ3) is 4.52. The zero-order valence-corrected chi connectivity index (χ0v) is 19.8. The van der Waals surface area contributed by atoms with Crippen LogP contribution in [0.4, 0.5) is 5.69 Å². The van der Waals surface area contributed by atoms with E-state index in [4.69, 9.17) is 0 Å². The van der Waals surface area contributed by atoms with E-state index in [1.54, 1.807) is 24.3 Å². The molecular weight excluding hydrogens is 440 g/mol. The Balaban J connectivity index is 1.64. The van der Waals surface area contributed by atoms with Gasteiger partial charge >= 0.3 is 0 Å². The summed E-state index contributed by atoms with van der Waals surface area (Å²) in [7, 11) is -3.88. The topological polar surface area (TPSA) is 49.7 Å². The summed E-state index contributed by atoms with van der Waals surface area (Å²) >= 11 is 0. The minimum Gasteiger partial charge on any atom is -0.324 e. The Morgan fingerprint density at radius 2 is 1.32 bits per heavy atom. The zero-order valence-electron chi connectivity index (χ0n) is 19.0. The Kier molecular flexibility index (Phi) is 6.03. The maximum atomic E-state index is 13.4. The minimum atomic E-state index is -3.88. The van der Waals surface area contributed by atoms with Crippen molar-refractivity contribution in [1.29, 1.82) is 0 Å². The summed E-state index contributed by atoms with van der Waals surface area (Å²) in [6, 6.07) is 35.3. The first kappa shape index (κ1) is 22.1. The number of hydrogen-bond donors (Lipinski definition) is 0. The number of fused-ring (bicyclic) bond motifs is 1. The number of sulfonamides is 1. The largest absolute Gasteiger partial charge is 0.324 e. The maximum absolute atomic E-state index is 13.4. The highest BCUT2D eigenvalue weighted by atomic mass is 32.2. The summed E-state index contributed by atoms with van der Waals surface area (Å²) < 4.78 is 31.4. The van der Waals surface area contributed by atoms with Crippen LogP contribution >= 0.6 is 0 Å². The predicted octanol–water partition coefficient (Wildman–Crippen LogP) is 6.13. The first-order valence-electron chi connectivity index (χ1n) is 11.4. The molecule has 0 spiro atoms. The fourth-order valence-corrected chi connectivity index (χ4v) is 5.52. The van der Waals surface area contributed by atoms with Gasteiger partial charge < -0.3 is 4.90 Å². The minimum absolute atomic E-state index is 0.164. The molecule has 0 radical (unpaired) electrons. The van der Waals surface area contributed by atoms with E-state index in [0.717, 1.165) is 27.9 Å². The Morgan fingerprint density at radius 3 is 2.00 bits per heavy atom. The molecule has 0 amide bonds. The van der Waals surface area contributed by atoms with Crippen molar-refractivity contribution < 1.29 is 8.42 Å². The van der Waals surface area contributed by atoms with Gasteiger partial charge in [0.1, 0.15) is 5.84 Å². The molecule has 0 saturated carbocycles. The Hall–Kier alpha value is -3.70. The van der Waals surface area contributed by atoms with Crippen molar-refractivity contribution >= 4 is 21.5 Å². The fourth-order valence-electron chi connectivity index (χ4n) is 4.46. The van der Waals surface area contributed by atoms with Gasteiger partial charge in [0.05, 0.1) is 4.90 Å². The van der Waals surface area contributed by atoms with Gasteiger partial charge in [-0.05, 0) is 48.2 Å². The van der Waals surface area contributed by atoms with Crippen LogP contribution < -0.4 is 4.90 Å². The number of amidine groups is 1. The maximum Gasteiger partial charge on any atom is 0.283 e. The molecule has 0 bridgehead atoms. The number of anilines is 1. The van der Waals surface area contributed by atoms with Gasteiger partial charge in [-0.25, -0.2) is 0 Å². The highest BCUT2D eigenvalue weighted by molar-refractivity contribution is 7.90. The quantitative estimate of drug-likeness (QED) is 0.343. The number of hydrogen-bond acceptors (Lipinski definition) is 2. The molecule has 0 N–H and O–H groups in total. The van der Waals surface area contributed by atoms with Crippen molar-refractivity contribution in [2.75, 3.05) is 4.90 Å². The van der Waals surface area contributed by atoms with Crippen LogP contribution in [-0.2, 0) is 23.0 Å². The van der Waals surface area contributed by atoms with Crippen LogP contribution in [-0.4, -0.2) is 14.3 Å². The molecule has 4 aromatic rings. The molecule has 1 aliphatic heterocycles. The summed E-state index contributed by atoms with van der Waals surface area (Å²) in [5, 5.41) is 0. The van der Waals surface area contributed by atoms with Gasteiger partial charge in [-0.2, -0.15) is 8.42 Å². The predicted molar refractivity (Wildman–Crippen MR) is 138 cm³/mol. The average Bonchev–Trinajstić information content (AvgIpc) is 3.12. The monoisotopic (exact) mass is 466 g/mol. The second-order valence-electron chi connectivity index (χ2n) is 8.61. The van der Waals surface area contributed by atoms with E-state index >= 15 is 0 Å². The molecule has 1 heterocycles. The lowest BCUT2D eigenvalue weighted by Gasteiger charge is -2.22. The lowest BCUT2D eigenvalue weighted by Crippen LogP contribution is -2.30. The van der Waals surface area contributed by atoms with Crippen LogP contribution in [0.25, 0.3) is 0 Å². The number of rotatable bonds is 6. The Morgan fingerprint density at radius 1 is 0.735 bits per heavy atom. The van der Waals surface area contributed by atoms with E-state index in [2.05, 4.69) is 45.7 Å². The zero-order chi connectivity index (χ0) is 23.5. The molecule has 0 aliphatic carbocycles. The summed E-state index contributed by atoms with van der Waals surface area (Å²) in [5.74, 6) is 0.400. The highest BCUT2D eigenvalue weighted by Crippen LogP contribution is 2.41. The standard InChI is InChI=1S/C29H26N2O2S/c1-22-16-18-25(19-17-22)34(32,33)30-29-27(20-23-10-4-2-5-11-23)26-14-8-9-15-28(26)31(29)21-24-12-6-3-7-13-24/h2-19,27H,20-21H2,1H3. The first-order chi connectivity index (χ1) is 16.5. The highest BCUT2D eigenvalue weighted by Gasteiger charge is 2.36. The summed E-state index contributed by atoms with van der Waals surface area (Å²) in [5.41, 5.74) is 5.35. The Bertz CT molecular complexity index is 1340. The molecule has 1 atom stereocenters. The van der Waals surface area contributed by atoms with Gasteiger partial charge in [-0.1, -0.05) is 96.6 Å². The molecule has 34 heavy (non-hydrogen) atoms. The molecule has 0 fully saturated rings. The number of nitrogens with zero attached hydrogens (tertiary/aromatic N) is 2. The summed E-state index contributed by atoms with van der Waals surface area (Å²) in [4.78, 5) is 2.27. The van der Waals surface area contributed by atoms with Gasteiger partial charge in [0.15, 0.2) is 0 Å². The van der Waals surface area contributed by atoms with Crippen LogP contribution in [0.15, 0.2) is 118 Å². The molecule has 5 heteroatoms. The van der Waals surface area contributed by atoms with Crippen molar-refractivity contribution in [1.82, 2.24) is 0 Å². The third-order valence-electron chi connectivity index (χ3n) is 6.19. The normalized spacial score (nSPS) is 16.6. The van der Waals surface area contributed by atoms with E-state index < -0.39 is 10.0 Å². The molecule has 0 saturated heterocycles. The van der Waals surface area contributed by atoms with Crippen LogP contribution in [0.2, 0.25) is 0 Å². The number of aryl methyl sites for hydroxylation is 1. The SMILES string of the molecule is Cc1ccc(S(=O)(=O)N=C2C(Cc3ccccc3)c3ccccc3N2Cc2ccccc2)cc1. The lowest BCUT2D eigenvalue weighted by atomic mass is 9.93.